The summed E-state index contributed by atoms with van der Waals surface area (Å²) in [6, 6.07) is 13.2. The average Bonchev–Trinajstić information content (AvgIpc) is 3.33. The summed E-state index contributed by atoms with van der Waals surface area (Å²) in [7, 11) is 3.89. The van der Waals surface area contributed by atoms with E-state index in [9.17, 15) is 9.59 Å². The molecule has 0 aromatic heterocycles. The zero-order chi connectivity index (χ0) is 27.5. The van der Waals surface area contributed by atoms with Crippen LogP contribution in [0.5, 0.6) is 11.5 Å². The van der Waals surface area contributed by atoms with E-state index in [2.05, 4.69) is 10.9 Å². The van der Waals surface area contributed by atoms with Crippen LogP contribution in [0, 0.1) is 11.7 Å². The van der Waals surface area contributed by atoms with E-state index in [1.54, 1.807) is 30.3 Å². The lowest BCUT2D eigenvalue weighted by atomic mass is 9.85. The van der Waals surface area contributed by atoms with Crippen molar-refractivity contribution in [3.8, 4) is 11.5 Å². The molecule has 2 amide bonds. The Morgan fingerprint density at radius 2 is 2.00 bits per heavy atom. The summed E-state index contributed by atoms with van der Waals surface area (Å²) in [5, 5.41) is 0. The van der Waals surface area contributed by atoms with Crippen molar-refractivity contribution in [2.75, 3.05) is 33.7 Å². The Bertz CT molecular complexity index is 1270. The molecule has 39 heavy (non-hydrogen) atoms. The SMILES string of the molecule is CN(C)C/C=C/C(=O)N1CCC[C@@H](N2C=C(c3ccc(Oc4ccccc4)cc3F)C3C(N)NNC(=O)C32)C1. The predicted molar refractivity (Wildman–Crippen MR) is 147 cm³/mol. The number of fused-ring (bicyclic) bond motifs is 1. The number of ether oxygens (including phenoxy) is 1. The molecule has 5 rings (SSSR count). The molecule has 2 aromatic rings. The fourth-order valence-electron chi connectivity index (χ4n) is 5.56. The third-order valence-corrected chi connectivity index (χ3v) is 7.42. The zero-order valence-electron chi connectivity index (χ0n) is 22.2. The number of carbonyl (C=O) groups is 2. The van der Waals surface area contributed by atoms with E-state index in [-0.39, 0.29) is 17.9 Å². The van der Waals surface area contributed by atoms with Crippen LogP contribution < -0.4 is 21.3 Å². The Hall–Kier alpha value is -3.73. The molecule has 3 aliphatic rings. The van der Waals surface area contributed by atoms with E-state index >= 15 is 4.39 Å². The smallest absolute Gasteiger partial charge is 0.257 e. The quantitative estimate of drug-likeness (QED) is 0.469. The molecule has 3 heterocycles. The molecule has 0 saturated carbocycles. The molecule has 2 fully saturated rings. The van der Waals surface area contributed by atoms with Crippen LogP contribution in [0.15, 0.2) is 66.9 Å². The van der Waals surface area contributed by atoms with Crippen molar-refractivity contribution >= 4 is 17.4 Å². The maximum Gasteiger partial charge on any atom is 0.257 e. The van der Waals surface area contributed by atoms with Crippen LogP contribution in [0.25, 0.3) is 5.57 Å². The van der Waals surface area contributed by atoms with Gasteiger partial charge in [-0.15, -0.1) is 0 Å². The van der Waals surface area contributed by atoms with E-state index in [1.807, 2.05) is 59.3 Å². The molecule has 0 radical (unpaired) electrons. The number of nitrogens with two attached hydrogens (primary N) is 1. The zero-order valence-corrected chi connectivity index (χ0v) is 22.2. The molecule has 2 saturated heterocycles. The van der Waals surface area contributed by atoms with E-state index in [1.165, 1.54) is 6.07 Å². The minimum Gasteiger partial charge on any atom is -0.457 e. The van der Waals surface area contributed by atoms with Crippen LogP contribution in [0.3, 0.4) is 0 Å². The molecule has 10 heteroatoms. The number of rotatable bonds is 7. The van der Waals surface area contributed by atoms with Gasteiger partial charge in [-0.25, -0.2) is 9.82 Å². The Morgan fingerprint density at radius 1 is 1.21 bits per heavy atom. The van der Waals surface area contributed by atoms with Crippen molar-refractivity contribution in [2.24, 2.45) is 11.7 Å². The summed E-state index contributed by atoms with van der Waals surface area (Å²) in [6.45, 7) is 1.81. The Labute approximate surface area is 228 Å². The molecule has 9 nitrogen and oxygen atoms in total. The van der Waals surface area contributed by atoms with Crippen LogP contribution in [-0.2, 0) is 9.59 Å². The number of piperidine rings is 1. The molecule has 0 aliphatic carbocycles. The molecular formula is C29H35FN6O3. The Balaban J connectivity index is 1.40. The average molecular weight is 535 g/mol. The van der Waals surface area contributed by atoms with Crippen molar-refractivity contribution in [3.05, 3.63) is 78.3 Å². The van der Waals surface area contributed by atoms with Gasteiger partial charge in [0.05, 0.1) is 6.17 Å². The van der Waals surface area contributed by atoms with Crippen molar-refractivity contribution < 1.29 is 18.7 Å². The van der Waals surface area contributed by atoms with Crippen LogP contribution >= 0.6 is 0 Å². The highest BCUT2D eigenvalue weighted by Gasteiger charge is 2.49. The highest BCUT2D eigenvalue weighted by molar-refractivity contribution is 5.89. The van der Waals surface area contributed by atoms with Crippen molar-refractivity contribution in [3.63, 3.8) is 0 Å². The van der Waals surface area contributed by atoms with Gasteiger partial charge in [-0.2, -0.15) is 0 Å². The van der Waals surface area contributed by atoms with Crippen LogP contribution in [0.2, 0.25) is 0 Å². The molecule has 0 bridgehead atoms. The first-order valence-corrected chi connectivity index (χ1v) is 13.2. The van der Waals surface area contributed by atoms with Gasteiger partial charge in [0.15, 0.2) is 0 Å². The summed E-state index contributed by atoms with van der Waals surface area (Å²) in [6.07, 6.45) is 6.32. The summed E-state index contributed by atoms with van der Waals surface area (Å²) in [5.41, 5.74) is 12.9. The van der Waals surface area contributed by atoms with Gasteiger partial charge in [-0.1, -0.05) is 24.3 Å². The predicted octanol–water partition coefficient (Wildman–Crippen LogP) is 2.29. The topological polar surface area (TPSA) is 103 Å². The number of carbonyl (C=O) groups excluding carboxylic acids is 2. The van der Waals surface area contributed by atoms with Crippen molar-refractivity contribution in [1.82, 2.24) is 25.6 Å². The van der Waals surface area contributed by atoms with E-state index in [0.29, 0.717) is 42.3 Å². The van der Waals surface area contributed by atoms with Crippen molar-refractivity contribution in [1.29, 1.82) is 0 Å². The highest BCUT2D eigenvalue weighted by atomic mass is 19.1. The van der Waals surface area contributed by atoms with Gasteiger partial charge in [-0.05, 0) is 56.8 Å². The summed E-state index contributed by atoms with van der Waals surface area (Å²) in [5.74, 6) is -0.221. The lowest BCUT2D eigenvalue weighted by Gasteiger charge is -2.43. The monoisotopic (exact) mass is 534 g/mol. The third kappa shape index (κ3) is 5.83. The van der Waals surface area contributed by atoms with Gasteiger partial charge in [0.1, 0.15) is 23.4 Å². The third-order valence-electron chi connectivity index (χ3n) is 7.42. The van der Waals surface area contributed by atoms with Gasteiger partial charge < -0.3 is 25.2 Å². The van der Waals surface area contributed by atoms with Gasteiger partial charge in [0, 0.05) is 55.5 Å². The number of hydrazine groups is 1. The lowest BCUT2D eigenvalue weighted by molar-refractivity contribution is -0.132. The normalized spacial score (nSPS) is 25.1. The minimum absolute atomic E-state index is 0.0481. The number of hydrogen-bond acceptors (Lipinski definition) is 7. The Morgan fingerprint density at radius 3 is 2.74 bits per heavy atom. The fourth-order valence-corrected chi connectivity index (χ4v) is 5.56. The van der Waals surface area contributed by atoms with E-state index in [4.69, 9.17) is 10.5 Å². The molecule has 4 N–H and O–H groups in total. The van der Waals surface area contributed by atoms with Crippen LogP contribution in [0.1, 0.15) is 18.4 Å². The highest BCUT2D eigenvalue weighted by Crippen LogP contribution is 2.41. The maximum absolute atomic E-state index is 15.5. The first-order valence-electron chi connectivity index (χ1n) is 13.2. The lowest BCUT2D eigenvalue weighted by Crippen LogP contribution is -2.67. The number of likely N-dealkylation sites (N-methyl/N-ethyl adjacent to an activating group) is 1. The largest absolute Gasteiger partial charge is 0.457 e. The molecule has 3 unspecified atom stereocenters. The molecular weight excluding hydrogens is 499 g/mol. The number of likely N-dealkylation sites (tertiary alicyclic amines) is 1. The number of halogens is 1. The van der Waals surface area contributed by atoms with Crippen LogP contribution in [0.4, 0.5) is 4.39 Å². The number of amides is 2. The van der Waals surface area contributed by atoms with E-state index in [0.717, 1.165) is 12.8 Å². The minimum atomic E-state index is -0.612. The first-order chi connectivity index (χ1) is 18.8. The molecule has 3 aliphatic heterocycles. The summed E-state index contributed by atoms with van der Waals surface area (Å²) >= 11 is 0. The number of para-hydroxylation sites is 1. The standard InChI is InChI=1S/C29H35FN6O3/c1-34(2)14-7-11-25(37)35-15-6-8-19(17-35)36-18-23(26-27(36)29(38)33-32-28(26)31)22-13-12-21(16-24(22)30)39-20-9-4-3-5-10-20/h3-5,7,9-13,16,18-19,26-28,32H,6,8,14-15,17,31H2,1-2H3,(H,33,38)/b11-7+/t19-,26?,27?,28?/m1/s1. The molecule has 0 spiro atoms. The first kappa shape index (κ1) is 26.9. The van der Waals surface area contributed by atoms with Gasteiger partial charge in [-0.3, -0.25) is 15.0 Å². The van der Waals surface area contributed by atoms with Crippen molar-refractivity contribution in [2.45, 2.75) is 31.1 Å². The number of nitrogens with one attached hydrogen (secondary N) is 2. The fraction of sp³-hybridized carbons (Fsp3) is 0.379. The molecule has 206 valence electrons. The summed E-state index contributed by atoms with van der Waals surface area (Å²) < 4.78 is 21.3. The van der Waals surface area contributed by atoms with Gasteiger partial charge in [0.25, 0.3) is 5.91 Å². The number of nitrogens with zero attached hydrogens (tertiary/aromatic N) is 3. The van der Waals surface area contributed by atoms with E-state index < -0.39 is 23.9 Å². The second-order valence-corrected chi connectivity index (χ2v) is 10.5. The summed E-state index contributed by atoms with van der Waals surface area (Å²) in [4.78, 5) is 31.7. The maximum atomic E-state index is 15.5. The second-order valence-electron chi connectivity index (χ2n) is 10.5. The van der Waals surface area contributed by atoms with Gasteiger partial charge >= 0.3 is 0 Å². The van der Waals surface area contributed by atoms with Gasteiger partial charge in [0.2, 0.25) is 5.91 Å². The Kier molecular flexibility index (Phi) is 7.97. The molecule has 2 aromatic carbocycles. The molecule has 4 atom stereocenters. The number of hydrogen-bond donors (Lipinski definition) is 3. The van der Waals surface area contributed by atoms with Crippen LogP contribution in [-0.4, -0.2) is 78.5 Å². The second kappa shape index (κ2) is 11.6. The number of benzene rings is 2.